The maximum absolute atomic E-state index is 8.93. The fourth-order valence-corrected chi connectivity index (χ4v) is 4.05. The van der Waals surface area contributed by atoms with E-state index in [1.54, 1.807) is 0 Å². The number of hydrogen-bond acceptors (Lipinski definition) is 4. The molecule has 2 aliphatic carbocycles. The van der Waals surface area contributed by atoms with Gasteiger partial charge in [0, 0.05) is 17.7 Å². The highest BCUT2D eigenvalue weighted by Crippen LogP contribution is 2.39. The summed E-state index contributed by atoms with van der Waals surface area (Å²) in [6.45, 7) is 3.86. The highest BCUT2D eigenvalue weighted by atomic mass is 16.5. The predicted octanol–water partition coefficient (Wildman–Crippen LogP) is 7.52. The Hall–Kier alpha value is -2.72. The van der Waals surface area contributed by atoms with Crippen LogP contribution in [0.5, 0.6) is 11.5 Å². The fraction of sp³-hybridized carbons (Fsp3) is 0.467. The lowest BCUT2D eigenvalue weighted by atomic mass is 9.89. The van der Waals surface area contributed by atoms with Gasteiger partial charge in [0.15, 0.2) is 0 Å². The second kappa shape index (κ2) is 12.7. The highest BCUT2D eigenvalue weighted by molar-refractivity contribution is 5.69. The lowest BCUT2D eigenvalue weighted by Crippen LogP contribution is -2.06. The van der Waals surface area contributed by atoms with E-state index in [2.05, 4.69) is 43.3 Å². The van der Waals surface area contributed by atoms with Crippen molar-refractivity contribution < 1.29 is 19.3 Å². The van der Waals surface area contributed by atoms with Gasteiger partial charge in [-0.25, -0.2) is 0 Å². The lowest BCUT2D eigenvalue weighted by molar-refractivity contribution is 0.252. The molecule has 34 heavy (non-hydrogen) atoms. The molecule has 2 aromatic carbocycles. The normalized spacial score (nSPS) is 14.4. The molecule has 0 bridgehead atoms. The molecule has 2 aliphatic rings. The van der Waals surface area contributed by atoms with Gasteiger partial charge in [-0.3, -0.25) is 0 Å². The monoisotopic (exact) mass is 462 g/mol. The molecule has 2 aromatic rings. The van der Waals surface area contributed by atoms with Crippen LogP contribution in [0.4, 0.5) is 0 Å². The molecule has 2 fully saturated rings. The van der Waals surface area contributed by atoms with Crippen molar-refractivity contribution in [2.75, 3.05) is 19.8 Å². The average Bonchev–Trinajstić information content (AvgIpc) is 3.68. The minimum Gasteiger partial charge on any atom is -0.494 e. The van der Waals surface area contributed by atoms with Crippen molar-refractivity contribution in [1.82, 2.24) is 0 Å². The standard InChI is InChI=1S/C30H38O4/c1-2-21-32-27-16-12-26(13-17-27)30(25-10-11-25)34-28-18-14-24(15-19-28)29(23-8-7-9-23)33-22-6-4-3-5-20-31/h12-19,31H,2-11,20-22H2,1H3. The van der Waals surface area contributed by atoms with Gasteiger partial charge >= 0.3 is 0 Å². The van der Waals surface area contributed by atoms with Crippen LogP contribution >= 0.6 is 0 Å². The molecule has 0 unspecified atom stereocenters. The van der Waals surface area contributed by atoms with Crippen LogP contribution in [0, 0.1) is 0 Å². The van der Waals surface area contributed by atoms with Gasteiger partial charge in [-0.2, -0.15) is 0 Å². The summed E-state index contributed by atoms with van der Waals surface area (Å²) in [6, 6.07) is 16.6. The molecule has 0 aromatic heterocycles. The second-order valence-corrected chi connectivity index (χ2v) is 9.20. The van der Waals surface area contributed by atoms with Crippen LogP contribution < -0.4 is 9.47 Å². The fourth-order valence-electron chi connectivity index (χ4n) is 4.05. The van der Waals surface area contributed by atoms with Crippen molar-refractivity contribution in [3.8, 4) is 11.5 Å². The molecule has 0 radical (unpaired) electrons. The van der Waals surface area contributed by atoms with E-state index >= 15 is 0 Å². The van der Waals surface area contributed by atoms with Crippen molar-refractivity contribution in [2.45, 2.75) is 71.1 Å². The first-order valence-electron chi connectivity index (χ1n) is 13.0. The number of benzene rings is 2. The summed E-state index contributed by atoms with van der Waals surface area (Å²) in [5.41, 5.74) is 5.03. The molecule has 0 amide bonds. The van der Waals surface area contributed by atoms with E-state index < -0.39 is 0 Å². The predicted molar refractivity (Wildman–Crippen MR) is 138 cm³/mol. The zero-order valence-electron chi connectivity index (χ0n) is 20.5. The Morgan fingerprint density at radius 2 is 1.32 bits per heavy atom. The van der Waals surface area contributed by atoms with Gasteiger partial charge in [0.05, 0.1) is 13.2 Å². The van der Waals surface area contributed by atoms with Crippen LogP contribution in [0.15, 0.2) is 59.7 Å². The molecule has 4 rings (SSSR count). The van der Waals surface area contributed by atoms with Crippen molar-refractivity contribution in [3.63, 3.8) is 0 Å². The highest BCUT2D eigenvalue weighted by Gasteiger charge is 2.22. The first kappa shape index (κ1) is 24.4. The Morgan fingerprint density at radius 3 is 1.91 bits per heavy atom. The maximum Gasteiger partial charge on any atom is 0.133 e. The first-order chi connectivity index (χ1) is 16.8. The van der Waals surface area contributed by atoms with E-state index in [9.17, 15) is 0 Å². The third-order valence-electron chi connectivity index (χ3n) is 6.32. The summed E-state index contributed by atoms with van der Waals surface area (Å²) in [7, 11) is 0. The van der Waals surface area contributed by atoms with E-state index in [0.29, 0.717) is 0 Å². The maximum atomic E-state index is 8.93. The number of ether oxygens (including phenoxy) is 3. The molecule has 0 aliphatic heterocycles. The van der Waals surface area contributed by atoms with Crippen LogP contribution in [0.3, 0.4) is 0 Å². The Balaban J connectivity index is 1.39. The van der Waals surface area contributed by atoms with E-state index in [1.807, 2.05) is 12.1 Å². The van der Waals surface area contributed by atoms with Gasteiger partial charge in [-0.15, -0.1) is 0 Å². The zero-order valence-corrected chi connectivity index (χ0v) is 20.5. The van der Waals surface area contributed by atoms with Gasteiger partial charge < -0.3 is 19.3 Å². The smallest absolute Gasteiger partial charge is 0.133 e. The quantitative estimate of drug-likeness (QED) is 0.233. The molecule has 182 valence electrons. The van der Waals surface area contributed by atoms with Crippen molar-refractivity contribution in [3.05, 3.63) is 70.8 Å². The molecule has 4 heteroatoms. The van der Waals surface area contributed by atoms with E-state index in [0.717, 1.165) is 105 Å². The first-order valence-corrected chi connectivity index (χ1v) is 13.0. The van der Waals surface area contributed by atoms with Crippen LogP contribution in [0.1, 0.15) is 82.3 Å². The van der Waals surface area contributed by atoms with E-state index in [1.165, 1.54) is 17.6 Å². The van der Waals surface area contributed by atoms with Crippen LogP contribution in [0.2, 0.25) is 0 Å². The molecule has 0 heterocycles. The summed E-state index contributed by atoms with van der Waals surface area (Å²) in [5, 5.41) is 8.93. The van der Waals surface area contributed by atoms with Gasteiger partial charge in [0.2, 0.25) is 0 Å². The Morgan fingerprint density at radius 1 is 0.706 bits per heavy atom. The average molecular weight is 463 g/mol. The molecular weight excluding hydrogens is 424 g/mol. The molecule has 1 N–H and O–H groups in total. The third-order valence-corrected chi connectivity index (χ3v) is 6.32. The van der Waals surface area contributed by atoms with Gasteiger partial charge in [0.25, 0.3) is 0 Å². The topological polar surface area (TPSA) is 47.9 Å². The van der Waals surface area contributed by atoms with Crippen LogP contribution in [-0.4, -0.2) is 24.9 Å². The number of hydrogen-bond donors (Lipinski definition) is 1. The van der Waals surface area contributed by atoms with Crippen LogP contribution in [-0.2, 0) is 4.74 Å². The Bertz CT molecular complexity index is 958. The summed E-state index contributed by atoms with van der Waals surface area (Å²) in [5.74, 6) is 3.79. The number of aliphatic hydroxyl groups is 1. The summed E-state index contributed by atoms with van der Waals surface area (Å²) in [6.07, 6.45) is 10.8. The summed E-state index contributed by atoms with van der Waals surface area (Å²) >= 11 is 0. The molecule has 0 saturated heterocycles. The summed E-state index contributed by atoms with van der Waals surface area (Å²) < 4.78 is 18.3. The van der Waals surface area contributed by atoms with Crippen molar-refractivity contribution in [2.24, 2.45) is 0 Å². The lowest BCUT2D eigenvalue weighted by Gasteiger charge is -2.23. The SMILES string of the molecule is CCCOc1ccc(C(Oc2ccc(C(OCCCCCCO)=C3CCC3)cc2)=C2CC2)cc1. The molecule has 4 nitrogen and oxygen atoms in total. The number of allylic oxidation sites excluding steroid dienone is 2. The Kier molecular flexibility index (Phi) is 9.09. The molecule has 0 atom stereocenters. The second-order valence-electron chi connectivity index (χ2n) is 9.20. The Labute approximate surface area is 204 Å². The third kappa shape index (κ3) is 6.89. The summed E-state index contributed by atoms with van der Waals surface area (Å²) in [4.78, 5) is 0. The zero-order chi connectivity index (χ0) is 23.6. The van der Waals surface area contributed by atoms with E-state index in [4.69, 9.17) is 19.3 Å². The minimum atomic E-state index is 0.279. The van der Waals surface area contributed by atoms with Gasteiger partial charge in [-0.05, 0) is 117 Å². The van der Waals surface area contributed by atoms with Crippen molar-refractivity contribution in [1.29, 1.82) is 0 Å². The minimum absolute atomic E-state index is 0.279. The molecule has 2 saturated carbocycles. The van der Waals surface area contributed by atoms with Crippen molar-refractivity contribution >= 4 is 11.5 Å². The number of aliphatic hydroxyl groups excluding tert-OH is 1. The molecule has 0 spiro atoms. The largest absolute Gasteiger partial charge is 0.494 e. The van der Waals surface area contributed by atoms with Crippen LogP contribution in [0.25, 0.3) is 11.5 Å². The van der Waals surface area contributed by atoms with Gasteiger partial charge in [0.1, 0.15) is 23.0 Å². The molecular formula is C30H38O4. The number of rotatable bonds is 14. The van der Waals surface area contributed by atoms with E-state index in [-0.39, 0.29) is 6.61 Å². The van der Waals surface area contributed by atoms with Gasteiger partial charge in [-0.1, -0.05) is 13.3 Å². The number of unbranched alkanes of at least 4 members (excludes halogenated alkanes) is 3.